The second-order valence-corrected chi connectivity index (χ2v) is 5.74. The topological polar surface area (TPSA) is 109 Å². The fourth-order valence-electron chi connectivity index (χ4n) is 2.81. The summed E-state index contributed by atoms with van der Waals surface area (Å²) in [4.78, 5) is 26.2. The number of nitrogens with zero attached hydrogens (tertiary/aromatic N) is 2. The standard InChI is InChI=1S/C17H21N5O4/c1-4-18-17(24)22-8-11-12(9-22)20-21-15(11)19-16(23)10-5-6-13(25-2)14(7-10)26-3/h5-7H,4,8-9H2,1-3H3,(H,18,24)(H2,19,20,21,23). The number of H-pyrrole nitrogens is 1. The van der Waals surface area contributed by atoms with Gasteiger partial charge in [-0.1, -0.05) is 0 Å². The normalized spacial score (nSPS) is 12.5. The van der Waals surface area contributed by atoms with E-state index in [0.29, 0.717) is 42.5 Å². The van der Waals surface area contributed by atoms with Gasteiger partial charge < -0.3 is 25.0 Å². The number of amides is 3. The van der Waals surface area contributed by atoms with Gasteiger partial charge in [0, 0.05) is 17.7 Å². The first-order valence-corrected chi connectivity index (χ1v) is 8.19. The lowest BCUT2D eigenvalue weighted by atomic mass is 10.2. The summed E-state index contributed by atoms with van der Waals surface area (Å²) in [7, 11) is 3.04. The largest absolute Gasteiger partial charge is 0.493 e. The van der Waals surface area contributed by atoms with E-state index in [1.807, 2.05) is 6.92 Å². The fourth-order valence-corrected chi connectivity index (χ4v) is 2.81. The molecule has 0 spiro atoms. The van der Waals surface area contributed by atoms with Gasteiger partial charge in [0.2, 0.25) is 0 Å². The van der Waals surface area contributed by atoms with Crippen LogP contribution in [0.15, 0.2) is 18.2 Å². The van der Waals surface area contributed by atoms with Crippen molar-refractivity contribution in [2.45, 2.75) is 20.0 Å². The van der Waals surface area contributed by atoms with Gasteiger partial charge in [0.1, 0.15) is 0 Å². The second kappa shape index (κ2) is 7.34. The number of hydrogen-bond acceptors (Lipinski definition) is 5. The number of carbonyl (C=O) groups is 2. The van der Waals surface area contributed by atoms with Gasteiger partial charge >= 0.3 is 6.03 Å². The lowest BCUT2D eigenvalue weighted by Gasteiger charge is -2.15. The molecule has 0 saturated carbocycles. The molecule has 0 radical (unpaired) electrons. The van der Waals surface area contributed by atoms with Crippen LogP contribution >= 0.6 is 0 Å². The second-order valence-electron chi connectivity index (χ2n) is 5.74. The van der Waals surface area contributed by atoms with Gasteiger partial charge in [-0.2, -0.15) is 5.10 Å². The van der Waals surface area contributed by atoms with Crippen molar-refractivity contribution in [2.75, 3.05) is 26.1 Å². The van der Waals surface area contributed by atoms with E-state index < -0.39 is 0 Å². The quantitative estimate of drug-likeness (QED) is 0.753. The highest BCUT2D eigenvalue weighted by Crippen LogP contribution is 2.29. The zero-order chi connectivity index (χ0) is 18.7. The van der Waals surface area contributed by atoms with Crippen molar-refractivity contribution in [3.8, 4) is 11.5 Å². The molecule has 1 aromatic carbocycles. The molecule has 2 heterocycles. The molecule has 0 aliphatic carbocycles. The van der Waals surface area contributed by atoms with Crippen LogP contribution in [-0.4, -0.2) is 47.8 Å². The number of urea groups is 1. The Labute approximate surface area is 150 Å². The van der Waals surface area contributed by atoms with Crippen molar-refractivity contribution >= 4 is 17.8 Å². The number of nitrogens with one attached hydrogen (secondary N) is 3. The maximum atomic E-state index is 12.5. The monoisotopic (exact) mass is 359 g/mol. The summed E-state index contributed by atoms with van der Waals surface area (Å²) in [5.41, 5.74) is 2.04. The van der Waals surface area contributed by atoms with Gasteiger partial charge in [-0.15, -0.1) is 0 Å². The molecule has 2 aromatic rings. The average Bonchev–Trinajstić information content (AvgIpc) is 3.23. The Balaban J connectivity index is 1.74. The van der Waals surface area contributed by atoms with Gasteiger partial charge in [0.15, 0.2) is 17.3 Å². The molecule has 3 amide bonds. The van der Waals surface area contributed by atoms with E-state index in [4.69, 9.17) is 9.47 Å². The summed E-state index contributed by atoms with van der Waals surface area (Å²) < 4.78 is 10.4. The van der Waals surface area contributed by atoms with Crippen LogP contribution < -0.4 is 20.1 Å². The maximum absolute atomic E-state index is 12.5. The number of rotatable bonds is 5. The van der Waals surface area contributed by atoms with Crippen LogP contribution in [0.4, 0.5) is 10.6 Å². The highest BCUT2D eigenvalue weighted by atomic mass is 16.5. The average molecular weight is 359 g/mol. The molecule has 0 bridgehead atoms. The minimum atomic E-state index is -0.322. The number of aromatic amines is 1. The maximum Gasteiger partial charge on any atom is 0.318 e. The Morgan fingerprint density at radius 1 is 1.23 bits per heavy atom. The van der Waals surface area contributed by atoms with Crippen molar-refractivity contribution < 1.29 is 19.1 Å². The molecule has 9 heteroatoms. The number of fused-ring (bicyclic) bond motifs is 1. The first-order chi connectivity index (χ1) is 12.6. The predicted molar refractivity (Wildman–Crippen MR) is 94.4 cm³/mol. The molecule has 1 aliphatic rings. The van der Waals surface area contributed by atoms with E-state index in [2.05, 4.69) is 20.8 Å². The van der Waals surface area contributed by atoms with Crippen molar-refractivity contribution in [3.63, 3.8) is 0 Å². The Morgan fingerprint density at radius 3 is 2.69 bits per heavy atom. The molecule has 1 aromatic heterocycles. The van der Waals surface area contributed by atoms with Gasteiger partial charge in [-0.3, -0.25) is 9.89 Å². The van der Waals surface area contributed by atoms with Crippen LogP contribution in [0.5, 0.6) is 11.5 Å². The molecule has 1 aliphatic heterocycles. The minimum Gasteiger partial charge on any atom is -0.493 e. The molecular formula is C17H21N5O4. The molecule has 3 N–H and O–H groups in total. The summed E-state index contributed by atoms with van der Waals surface area (Å²) in [5, 5.41) is 12.6. The Morgan fingerprint density at radius 2 is 2.00 bits per heavy atom. The summed E-state index contributed by atoms with van der Waals surface area (Å²) >= 11 is 0. The predicted octanol–water partition coefficient (Wildman–Crippen LogP) is 1.72. The summed E-state index contributed by atoms with van der Waals surface area (Å²) in [6.07, 6.45) is 0. The number of hydrogen-bond donors (Lipinski definition) is 3. The molecule has 9 nitrogen and oxygen atoms in total. The highest BCUT2D eigenvalue weighted by Gasteiger charge is 2.28. The van der Waals surface area contributed by atoms with E-state index in [-0.39, 0.29) is 11.9 Å². The smallest absolute Gasteiger partial charge is 0.318 e. The first kappa shape index (κ1) is 17.6. The van der Waals surface area contributed by atoms with Crippen molar-refractivity contribution in [1.82, 2.24) is 20.4 Å². The first-order valence-electron chi connectivity index (χ1n) is 8.19. The summed E-state index contributed by atoms with van der Waals surface area (Å²) in [6, 6.07) is 4.76. The van der Waals surface area contributed by atoms with Crippen LogP contribution in [0.2, 0.25) is 0 Å². The fraction of sp³-hybridized carbons (Fsp3) is 0.353. The molecule has 0 fully saturated rings. The third-order valence-electron chi connectivity index (χ3n) is 4.14. The molecular weight excluding hydrogens is 338 g/mol. The molecule has 0 saturated heterocycles. The molecule has 26 heavy (non-hydrogen) atoms. The SMILES string of the molecule is CCNC(=O)N1Cc2[nH]nc(NC(=O)c3ccc(OC)c(OC)c3)c2C1. The molecule has 0 atom stereocenters. The van der Waals surface area contributed by atoms with E-state index in [0.717, 1.165) is 11.3 Å². The molecule has 138 valence electrons. The lowest BCUT2D eigenvalue weighted by molar-refractivity contribution is 0.102. The number of methoxy groups -OCH3 is 2. The molecule has 3 rings (SSSR count). The van der Waals surface area contributed by atoms with Crippen LogP contribution in [0, 0.1) is 0 Å². The number of benzene rings is 1. The van der Waals surface area contributed by atoms with Gasteiger partial charge in [-0.05, 0) is 25.1 Å². The highest BCUT2D eigenvalue weighted by molar-refractivity contribution is 6.04. The van der Waals surface area contributed by atoms with Gasteiger partial charge in [0.25, 0.3) is 5.91 Å². The van der Waals surface area contributed by atoms with Gasteiger partial charge in [0.05, 0.1) is 33.0 Å². The van der Waals surface area contributed by atoms with Crippen molar-refractivity contribution in [2.24, 2.45) is 0 Å². The summed E-state index contributed by atoms with van der Waals surface area (Å²) in [6.45, 7) is 3.24. The van der Waals surface area contributed by atoms with Crippen molar-refractivity contribution in [1.29, 1.82) is 0 Å². The van der Waals surface area contributed by atoms with Crippen LogP contribution in [-0.2, 0) is 13.1 Å². The van der Waals surface area contributed by atoms with Crippen LogP contribution in [0.3, 0.4) is 0 Å². The lowest BCUT2D eigenvalue weighted by Crippen LogP contribution is -2.36. The minimum absolute atomic E-state index is 0.144. The number of ether oxygens (including phenoxy) is 2. The third kappa shape index (κ3) is 3.28. The van der Waals surface area contributed by atoms with Crippen LogP contribution in [0.25, 0.3) is 0 Å². The van der Waals surface area contributed by atoms with Crippen molar-refractivity contribution in [3.05, 3.63) is 35.0 Å². The van der Waals surface area contributed by atoms with Crippen LogP contribution in [0.1, 0.15) is 28.5 Å². The van der Waals surface area contributed by atoms with Gasteiger partial charge in [-0.25, -0.2) is 4.79 Å². The van der Waals surface area contributed by atoms with E-state index >= 15 is 0 Å². The van der Waals surface area contributed by atoms with E-state index in [9.17, 15) is 9.59 Å². The third-order valence-corrected chi connectivity index (χ3v) is 4.14. The summed E-state index contributed by atoms with van der Waals surface area (Å²) in [5.74, 6) is 1.11. The molecule has 0 unspecified atom stereocenters. The van der Waals surface area contributed by atoms with E-state index in [1.165, 1.54) is 14.2 Å². The zero-order valence-corrected chi connectivity index (χ0v) is 14.9. The Kier molecular flexibility index (Phi) is 4.97. The number of carbonyl (C=O) groups excluding carboxylic acids is 2. The zero-order valence-electron chi connectivity index (χ0n) is 14.9. The number of anilines is 1. The number of aromatic nitrogens is 2. The Bertz CT molecular complexity index is 833. The van der Waals surface area contributed by atoms with E-state index in [1.54, 1.807) is 23.1 Å². The Hall–Kier alpha value is -3.23.